The highest BCUT2D eigenvalue weighted by molar-refractivity contribution is 6.76. The van der Waals surface area contributed by atoms with E-state index in [1.54, 1.807) is 20.3 Å². The third-order valence-electron chi connectivity index (χ3n) is 8.32. The van der Waals surface area contributed by atoms with Crippen molar-refractivity contribution >= 4 is 42.7 Å². The molecule has 0 saturated heterocycles. The highest BCUT2D eigenvalue weighted by Crippen LogP contribution is 2.39. The molecular weight excluding hydrogens is 597 g/mol. The highest BCUT2D eigenvalue weighted by atomic mass is 28.3. The summed E-state index contributed by atoms with van der Waals surface area (Å²) in [4.78, 5) is 47.8. The summed E-state index contributed by atoms with van der Waals surface area (Å²) in [5.41, 5.74) is 1.78. The number of nitrogens with zero attached hydrogens (tertiary/aromatic N) is 6. The summed E-state index contributed by atoms with van der Waals surface area (Å²) in [5.74, 6) is -0.730. The zero-order valence-corrected chi connectivity index (χ0v) is 27.1. The second-order valence-corrected chi connectivity index (χ2v) is 18.9. The van der Waals surface area contributed by atoms with Gasteiger partial charge in [-0.25, -0.2) is 9.78 Å². The molecule has 0 unspecified atom stereocenters. The smallest absolute Gasteiger partial charge is 0.407 e. The molecular formula is C29H43F3N6O5Si. The van der Waals surface area contributed by atoms with E-state index in [1.807, 2.05) is 16.8 Å². The van der Waals surface area contributed by atoms with Crippen LogP contribution in [0, 0.1) is 5.92 Å². The number of fused-ring (bicyclic) bond motifs is 3. The van der Waals surface area contributed by atoms with E-state index in [0.29, 0.717) is 55.1 Å². The number of likely N-dealkylation sites (N-methyl/N-ethyl adjacent to an activating group) is 1. The Bertz CT molecular complexity index is 1350. The average molecular weight is 641 g/mol. The van der Waals surface area contributed by atoms with Crippen LogP contribution in [0.25, 0.3) is 11.0 Å². The van der Waals surface area contributed by atoms with E-state index in [0.717, 1.165) is 17.1 Å². The number of carbonyl (C=O) groups excluding carboxylic acids is 2. The molecule has 0 aromatic carbocycles. The van der Waals surface area contributed by atoms with E-state index in [-0.39, 0.29) is 43.5 Å². The zero-order chi connectivity index (χ0) is 32.4. The first-order valence-electron chi connectivity index (χ1n) is 14.9. The monoisotopic (exact) mass is 640 g/mol. The molecule has 0 spiro atoms. The number of ether oxygens (including phenoxy) is 1. The maximum Gasteiger partial charge on any atom is 0.407 e. The van der Waals surface area contributed by atoms with Crippen LogP contribution in [0.4, 0.5) is 23.7 Å². The number of carboxylic acid groups (broad SMARTS) is 1. The van der Waals surface area contributed by atoms with Crippen LogP contribution in [-0.2, 0) is 16.3 Å². The minimum absolute atomic E-state index is 0.0714. The molecule has 244 valence electrons. The second kappa shape index (κ2) is 13.3. The van der Waals surface area contributed by atoms with Crippen molar-refractivity contribution in [3.8, 4) is 0 Å². The Morgan fingerprint density at radius 1 is 1.16 bits per heavy atom. The van der Waals surface area contributed by atoms with E-state index in [1.165, 1.54) is 9.80 Å². The summed E-state index contributed by atoms with van der Waals surface area (Å²) in [6.45, 7) is 6.21. The summed E-state index contributed by atoms with van der Waals surface area (Å²) in [6.07, 6.45) is -0.512. The molecule has 4 rings (SSSR count). The van der Waals surface area contributed by atoms with Gasteiger partial charge in [0.15, 0.2) is 0 Å². The molecule has 0 bridgehead atoms. The molecule has 3 heterocycles. The standard InChI is InChI=1S/C29H43F3N6O5Si/c1-34(2)24(39)16-37-18-38(21-8-6-20(7-9-21)15-36(28(41)42)17-29(30,31)32)25-22-10-11-35(19-43-12-13-44(3,4)5)26(22)33-14-23(25)27(37)40/h10-11,14,20-21H,6-9,12-13,15-19H2,1-5H3,(H,41,42)/t20-,21-. The van der Waals surface area contributed by atoms with Gasteiger partial charge in [0.05, 0.1) is 17.9 Å². The van der Waals surface area contributed by atoms with Gasteiger partial charge in [-0.05, 0) is 43.7 Å². The van der Waals surface area contributed by atoms with Gasteiger partial charge in [-0.3, -0.25) is 14.5 Å². The molecule has 0 radical (unpaired) electrons. The molecule has 0 atom stereocenters. The van der Waals surface area contributed by atoms with E-state index in [2.05, 4.69) is 29.5 Å². The van der Waals surface area contributed by atoms with Gasteiger partial charge in [0.1, 0.15) is 25.5 Å². The lowest BCUT2D eigenvalue weighted by Crippen LogP contribution is -2.54. The van der Waals surface area contributed by atoms with Gasteiger partial charge in [-0.1, -0.05) is 19.6 Å². The normalized spacial score (nSPS) is 19.3. The van der Waals surface area contributed by atoms with Crippen molar-refractivity contribution in [2.24, 2.45) is 5.92 Å². The van der Waals surface area contributed by atoms with Crippen LogP contribution in [0.15, 0.2) is 18.5 Å². The van der Waals surface area contributed by atoms with Crippen LogP contribution < -0.4 is 4.90 Å². The van der Waals surface area contributed by atoms with Crippen molar-refractivity contribution in [3.63, 3.8) is 0 Å². The number of alkyl halides is 3. The Hall–Kier alpha value is -3.33. The summed E-state index contributed by atoms with van der Waals surface area (Å²) >= 11 is 0. The van der Waals surface area contributed by atoms with Crippen LogP contribution in [0.2, 0.25) is 25.7 Å². The highest BCUT2D eigenvalue weighted by Gasteiger charge is 2.39. The summed E-state index contributed by atoms with van der Waals surface area (Å²) in [6, 6.07) is 2.87. The van der Waals surface area contributed by atoms with Crippen molar-refractivity contribution in [1.82, 2.24) is 24.3 Å². The van der Waals surface area contributed by atoms with E-state index in [4.69, 9.17) is 4.74 Å². The first-order chi connectivity index (χ1) is 20.5. The minimum Gasteiger partial charge on any atom is -0.465 e. The second-order valence-electron chi connectivity index (χ2n) is 13.2. The average Bonchev–Trinajstić information content (AvgIpc) is 3.34. The minimum atomic E-state index is -4.61. The SMILES string of the molecule is CN(C)C(=O)CN1CN([C@H]2CC[C@H](CN(CC(F)(F)F)C(=O)O)CC2)c2c(cnc3c2ccn3COCC[Si](C)(C)C)C1=O. The molecule has 11 nitrogen and oxygen atoms in total. The lowest BCUT2D eigenvalue weighted by atomic mass is 9.84. The third-order valence-corrected chi connectivity index (χ3v) is 10.0. The molecule has 1 aliphatic carbocycles. The molecule has 1 saturated carbocycles. The number of carbonyl (C=O) groups is 3. The predicted molar refractivity (Wildman–Crippen MR) is 162 cm³/mol. The topological polar surface area (TPSA) is 111 Å². The van der Waals surface area contributed by atoms with Crippen LogP contribution >= 0.6 is 0 Å². The molecule has 1 aliphatic heterocycles. The Kier molecular flexibility index (Phi) is 10.2. The van der Waals surface area contributed by atoms with E-state index >= 15 is 0 Å². The first-order valence-corrected chi connectivity index (χ1v) is 18.6. The fraction of sp³-hybridized carbons (Fsp3) is 0.655. The van der Waals surface area contributed by atoms with Gasteiger partial charge >= 0.3 is 12.3 Å². The lowest BCUT2D eigenvalue weighted by Gasteiger charge is -2.45. The molecule has 2 aromatic rings. The Labute approximate surface area is 256 Å². The molecule has 15 heteroatoms. The van der Waals surface area contributed by atoms with Crippen molar-refractivity contribution in [1.29, 1.82) is 0 Å². The van der Waals surface area contributed by atoms with Gasteiger partial charge in [0.25, 0.3) is 5.91 Å². The molecule has 2 aromatic heterocycles. The van der Waals surface area contributed by atoms with Gasteiger partial charge in [-0.15, -0.1) is 0 Å². The molecule has 3 amide bonds. The first kappa shape index (κ1) is 33.6. The maximum atomic E-state index is 13.6. The number of anilines is 1. The number of halogens is 3. The Balaban J connectivity index is 1.58. The maximum absolute atomic E-state index is 13.6. The number of pyridine rings is 1. The molecule has 2 aliphatic rings. The van der Waals surface area contributed by atoms with Crippen LogP contribution in [0.1, 0.15) is 36.0 Å². The van der Waals surface area contributed by atoms with Crippen molar-refractivity contribution < 1.29 is 37.4 Å². The number of aromatic nitrogens is 2. The molecule has 1 N–H and O–H groups in total. The number of hydrogen-bond acceptors (Lipinski definition) is 6. The van der Waals surface area contributed by atoms with Crippen molar-refractivity contribution in [3.05, 3.63) is 24.0 Å². The summed E-state index contributed by atoms with van der Waals surface area (Å²) in [7, 11) is 2.00. The van der Waals surface area contributed by atoms with Crippen LogP contribution in [-0.4, -0.2) is 115 Å². The lowest BCUT2D eigenvalue weighted by molar-refractivity contribution is -0.143. The summed E-state index contributed by atoms with van der Waals surface area (Å²) in [5, 5.41) is 10.1. The quantitative estimate of drug-likeness (QED) is 0.279. The van der Waals surface area contributed by atoms with E-state index in [9.17, 15) is 32.7 Å². The van der Waals surface area contributed by atoms with E-state index < -0.39 is 26.9 Å². The van der Waals surface area contributed by atoms with Gasteiger partial charge < -0.3 is 29.1 Å². The Morgan fingerprint density at radius 2 is 1.84 bits per heavy atom. The van der Waals surface area contributed by atoms with Gasteiger partial charge in [0, 0.05) is 59.1 Å². The fourth-order valence-corrected chi connectivity index (χ4v) is 6.58. The zero-order valence-electron chi connectivity index (χ0n) is 26.1. The van der Waals surface area contributed by atoms with Gasteiger partial charge in [0.2, 0.25) is 5.91 Å². The van der Waals surface area contributed by atoms with Crippen molar-refractivity contribution in [2.45, 2.75) is 70.3 Å². The Morgan fingerprint density at radius 3 is 2.43 bits per heavy atom. The molecule has 44 heavy (non-hydrogen) atoms. The summed E-state index contributed by atoms with van der Waals surface area (Å²) < 4.78 is 46.7. The predicted octanol–water partition coefficient (Wildman–Crippen LogP) is 4.76. The molecule has 1 fully saturated rings. The van der Waals surface area contributed by atoms with Crippen LogP contribution in [0.5, 0.6) is 0 Å². The third kappa shape index (κ3) is 8.23. The number of rotatable bonds is 11. The number of amides is 3. The number of hydrogen-bond donors (Lipinski definition) is 1. The van der Waals surface area contributed by atoms with Crippen LogP contribution in [0.3, 0.4) is 0 Å². The fourth-order valence-electron chi connectivity index (χ4n) is 5.83. The largest absolute Gasteiger partial charge is 0.465 e. The van der Waals surface area contributed by atoms with Gasteiger partial charge in [-0.2, -0.15) is 13.2 Å². The van der Waals surface area contributed by atoms with Crippen molar-refractivity contribution in [2.75, 3.05) is 51.9 Å².